The lowest BCUT2D eigenvalue weighted by molar-refractivity contribution is -0.132. The number of aryl methyl sites for hydroxylation is 1. The van der Waals surface area contributed by atoms with Crippen molar-refractivity contribution in [3.8, 4) is 0 Å². The topological polar surface area (TPSA) is 86.6 Å². The number of carbonyl (C=O) groups excluding carboxylic acids is 2. The highest BCUT2D eigenvalue weighted by Crippen LogP contribution is 2.44. The van der Waals surface area contributed by atoms with Crippen molar-refractivity contribution >= 4 is 74.6 Å². The molecular weight excluding hydrogens is 606 g/mol. The second kappa shape index (κ2) is 11.8. The molecule has 7 nitrogen and oxygen atoms in total. The normalized spacial score (nSPS) is 16.4. The monoisotopic (exact) mass is 628 g/mol. The molecule has 0 spiro atoms. The maximum Gasteiger partial charge on any atom is 0.301 e. The minimum Gasteiger partial charge on any atom is -0.507 e. The summed E-state index contributed by atoms with van der Waals surface area (Å²) >= 11 is 14.8. The molecule has 12 heteroatoms. The zero-order valence-corrected chi connectivity index (χ0v) is 25.2. The van der Waals surface area contributed by atoms with Gasteiger partial charge in [-0.2, -0.15) is 0 Å². The third-order valence-corrected chi connectivity index (χ3v) is 9.27. The maximum atomic E-state index is 14.4. The molecule has 41 heavy (non-hydrogen) atoms. The van der Waals surface area contributed by atoms with Gasteiger partial charge in [0.15, 0.2) is 4.34 Å². The first-order chi connectivity index (χ1) is 19.5. The Balaban J connectivity index is 1.55. The van der Waals surface area contributed by atoms with Crippen molar-refractivity contribution in [2.24, 2.45) is 0 Å². The number of aromatic nitrogens is 2. The summed E-state index contributed by atoms with van der Waals surface area (Å²) < 4.78 is 14.9. The third kappa shape index (κ3) is 5.83. The van der Waals surface area contributed by atoms with Crippen molar-refractivity contribution in [1.82, 2.24) is 10.2 Å². The largest absolute Gasteiger partial charge is 0.507 e. The smallest absolute Gasteiger partial charge is 0.301 e. The van der Waals surface area contributed by atoms with Gasteiger partial charge in [-0.05, 0) is 53.9 Å². The van der Waals surface area contributed by atoms with Gasteiger partial charge in [0.1, 0.15) is 11.6 Å². The van der Waals surface area contributed by atoms with Crippen molar-refractivity contribution in [2.75, 3.05) is 23.9 Å². The molecule has 0 saturated carbocycles. The van der Waals surface area contributed by atoms with Gasteiger partial charge in [0.25, 0.3) is 5.78 Å². The number of rotatable bonds is 7. The number of halogens is 3. The van der Waals surface area contributed by atoms with Crippen LogP contribution in [0.15, 0.2) is 70.6 Å². The van der Waals surface area contributed by atoms with Crippen LogP contribution in [-0.4, -0.2) is 41.1 Å². The summed E-state index contributed by atoms with van der Waals surface area (Å²) in [7, 11) is 3.79. The fraction of sp³-hybridized carbons (Fsp3) is 0.172. The molecule has 210 valence electrons. The van der Waals surface area contributed by atoms with Crippen LogP contribution in [0.4, 0.5) is 15.2 Å². The number of ketones is 1. The summed E-state index contributed by atoms with van der Waals surface area (Å²) in [6, 6.07) is 15.6. The zero-order chi connectivity index (χ0) is 29.4. The van der Waals surface area contributed by atoms with E-state index < -0.39 is 29.3 Å². The number of aliphatic hydroxyl groups is 1. The SMILES string of the molecule is Cc1ccc(/C(O)=C2/C(=O)C(=O)N(c3nnc(SCc4ccc(Cl)cc4Cl)s3)C2c2ccc(N(C)C)cc2)cc1F. The molecule has 4 aromatic rings. The van der Waals surface area contributed by atoms with Crippen LogP contribution in [0.3, 0.4) is 0 Å². The lowest BCUT2D eigenvalue weighted by Gasteiger charge is -2.23. The Hall–Kier alpha value is -3.44. The van der Waals surface area contributed by atoms with E-state index in [2.05, 4.69) is 10.2 Å². The molecule has 0 radical (unpaired) electrons. The highest BCUT2D eigenvalue weighted by Gasteiger charge is 2.48. The van der Waals surface area contributed by atoms with Crippen molar-refractivity contribution in [1.29, 1.82) is 0 Å². The lowest BCUT2D eigenvalue weighted by Crippen LogP contribution is -2.29. The van der Waals surface area contributed by atoms with Crippen LogP contribution in [0.25, 0.3) is 5.76 Å². The first-order valence-electron chi connectivity index (χ1n) is 12.3. The van der Waals surface area contributed by atoms with Crippen LogP contribution in [0.5, 0.6) is 0 Å². The Labute approximate surface area is 254 Å². The first kappa shape index (κ1) is 29.1. The second-order valence-corrected chi connectivity index (χ2v) is 12.5. The molecule has 0 bridgehead atoms. The van der Waals surface area contributed by atoms with E-state index in [0.29, 0.717) is 31.3 Å². The molecule has 5 rings (SSSR count). The molecule has 1 unspecified atom stereocenters. The third-order valence-electron chi connectivity index (χ3n) is 6.58. The number of aliphatic hydroxyl groups excluding tert-OH is 1. The van der Waals surface area contributed by atoms with Crippen molar-refractivity contribution in [3.05, 3.63) is 104 Å². The predicted octanol–water partition coefficient (Wildman–Crippen LogP) is 7.28. The van der Waals surface area contributed by atoms with Crippen LogP contribution in [-0.2, 0) is 15.3 Å². The highest BCUT2D eigenvalue weighted by atomic mass is 35.5. The number of amides is 1. The zero-order valence-electron chi connectivity index (χ0n) is 22.1. The van der Waals surface area contributed by atoms with Crippen LogP contribution in [0.1, 0.15) is 28.3 Å². The Kier molecular flexibility index (Phi) is 8.37. The Morgan fingerprint density at radius 1 is 1.07 bits per heavy atom. The van der Waals surface area contributed by atoms with E-state index in [1.54, 1.807) is 31.2 Å². The molecule has 2 heterocycles. The molecule has 1 aliphatic heterocycles. The molecule has 3 aromatic carbocycles. The molecule has 1 N–H and O–H groups in total. The average Bonchev–Trinajstić information content (AvgIpc) is 3.51. The molecule has 1 aliphatic rings. The quantitative estimate of drug-likeness (QED) is 0.0756. The Morgan fingerprint density at radius 2 is 1.80 bits per heavy atom. The summed E-state index contributed by atoms with van der Waals surface area (Å²) in [6.45, 7) is 1.59. The van der Waals surface area contributed by atoms with Gasteiger partial charge in [-0.25, -0.2) is 4.39 Å². The number of anilines is 2. The number of hydrogen-bond donors (Lipinski definition) is 1. The van der Waals surface area contributed by atoms with Crippen LogP contribution in [0.2, 0.25) is 10.0 Å². The van der Waals surface area contributed by atoms with Crippen molar-refractivity contribution in [2.45, 2.75) is 23.1 Å². The summed E-state index contributed by atoms with van der Waals surface area (Å²) in [5, 5.41) is 21.0. The summed E-state index contributed by atoms with van der Waals surface area (Å²) in [4.78, 5) is 30.0. The van der Waals surface area contributed by atoms with E-state index >= 15 is 0 Å². The van der Waals surface area contributed by atoms with E-state index in [-0.39, 0.29) is 16.3 Å². The van der Waals surface area contributed by atoms with Gasteiger partial charge in [-0.15, -0.1) is 10.2 Å². The minimum atomic E-state index is -1.01. The van der Waals surface area contributed by atoms with Crippen LogP contribution in [0, 0.1) is 12.7 Å². The molecular formula is C29H23Cl2FN4O3S2. The molecule has 1 amide bonds. The van der Waals surface area contributed by atoms with E-state index in [1.165, 1.54) is 28.8 Å². The van der Waals surface area contributed by atoms with Crippen molar-refractivity contribution in [3.63, 3.8) is 0 Å². The fourth-order valence-electron chi connectivity index (χ4n) is 4.33. The Morgan fingerprint density at radius 3 is 2.46 bits per heavy atom. The van der Waals surface area contributed by atoms with E-state index in [0.717, 1.165) is 28.7 Å². The number of carbonyl (C=O) groups is 2. The molecule has 1 atom stereocenters. The van der Waals surface area contributed by atoms with Gasteiger partial charge in [-0.3, -0.25) is 14.5 Å². The van der Waals surface area contributed by atoms with Gasteiger partial charge in [0, 0.05) is 41.1 Å². The van der Waals surface area contributed by atoms with Gasteiger partial charge in [-0.1, -0.05) is 76.6 Å². The highest BCUT2D eigenvalue weighted by molar-refractivity contribution is 8.00. The number of thioether (sulfide) groups is 1. The molecule has 1 aromatic heterocycles. The van der Waals surface area contributed by atoms with Crippen molar-refractivity contribution < 1.29 is 19.1 Å². The predicted molar refractivity (Wildman–Crippen MR) is 163 cm³/mol. The Bertz CT molecular complexity index is 1690. The lowest BCUT2D eigenvalue weighted by atomic mass is 9.95. The maximum absolute atomic E-state index is 14.4. The van der Waals surface area contributed by atoms with Gasteiger partial charge >= 0.3 is 5.91 Å². The van der Waals surface area contributed by atoms with E-state index in [4.69, 9.17) is 23.2 Å². The number of nitrogens with zero attached hydrogens (tertiary/aromatic N) is 4. The standard InChI is InChI=1S/C29H23Cl2FN4O3S2/c1-15-4-5-17(12-22(15)32)25(37)23-24(16-7-10-20(11-8-16)35(2)3)36(27(39)26(23)38)28-33-34-29(41-28)40-14-18-6-9-19(30)13-21(18)31/h4-13,24,37H,14H2,1-3H3/b25-23-. The molecule has 1 saturated heterocycles. The van der Waals surface area contributed by atoms with Crippen LogP contribution < -0.4 is 9.80 Å². The summed E-state index contributed by atoms with van der Waals surface area (Å²) in [6.07, 6.45) is 0. The fourth-order valence-corrected chi connectivity index (χ4v) is 6.76. The van der Waals surface area contributed by atoms with E-state index in [9.17, 15) is 19.1 Å². The molecule has 1 fully saturated rings. The van der Waals surface area contributed by atoms with Crippen LogP contribution >= 0.6 is 46.3 Å². The number of Topliss-reactive ketones (excluding diaryl/α,β-unsaturated/α-hetero) is 1. The number of benzene rings is 3. The first-order valence-corrected chi connectivity index (χ1v) is 14.9. The molecule has 0 aliphatic carbocycles. The van der Waals surface area contributed by atoms with Gasteiger partial charge in [0.05, 0.1) is 11.6 Å². The van der Waals surface area contributed by atoms with Gasteiger partial charge < -0.3 is 10.0 Å². The minimum absolute atomic E-state index is 0.0920. The van der Waals surface area contributed by atoms with E-state index in [1.807, 2.05) is 37.2 Å². The summed E-state index contributed by atoms with van der Waals surface area (Å²) in [5.74, 6) is -2.29. The second-order valence-electron chi connectivity index (χ2n) is 9.49. The summed E-state index contributed by atoms with van der Waals surface area (Å²) in [5.41, 5.74) is 2.65. The van der Waals surface area contributed by atoms with Gasteiger partial charge in [0.2, 0.25) is 5.13 Å². The number of hydrogen-bond acceptors (Lipinski definition) is 8. The average molecular weight is 630 g/mol.